The van der Waals surface area contributed by atoms with Gasteiger partial charge < -0.3 is 18.9 Å². The number of carbonyl (C=O) groups is 2. The molecule has 1 aliphatic heterocycles. The Kier molecular flexibility index (Phi) is 15.0. The van der Waals surface area contributed by atoms with E-state index in [1.165, 1.54) is 35.8 Å². The number of hydrogen-bond acceptors (Lipinski definition) is 6. The van der Waals surface area contributed by atoms with E-state index >= 15 is 0 Å². The highest BCUT2D eigenvalue weighted by Crippen LogP contribution is 2.03. The first-order valence-corrected chi connectivity index (χ1v) is 10.7. The van der Waals surface area contributed by atoms with Gasteiger partial charge >= 0.3 is 0 Å². The normalized spacial score (nSPS) is 14.0. The van der Waals surface area contributed by atoms with Gasteiger partial charge in [-0.15, -0.1) is 0 Å². The Bertz CT molecular complexity index is 400. The third-order valence-corrected chi connectivity index (χ3v) is 4.41. The fourth-order valence-corrected chi connectivity index (χ4v) is 2.76. The second-order valence-corrected chi connectivity index (χ2v) is 6.79. The van der Waals surface area contributed by atoms with E-state index in [9.17, 15) is 9.59 Å². The summed E-state index contributed by atoms with van der Waals surface area (Å²) in [4.78, 5) is 23.8. The fraction of sp³-hybridized carbons (Fsp3) is 0.778. The molecular weight excluding hydrogens is 453 g/mol. The summed E-state index contributed by atoms with van der Waals surface area (Å²) in [6.45, 7) is 4.51. The van der Waals surface area contributed by atoms with Crippen molar-refractivity contribution in [2.75, 3.05) is 63.8 Å². The maximum absolute atomic E-state index is 11.3. The Morgan fingerprint density at radius 3 is 1.65 bits per heavy atom. The van der Waals surface area contributed by atoms with Gasteiger partial charge in [-0.2, -0.15) is 0 Å². The molecule has 1 rings (SSSR count). The Morgan fingerprint density at radius 1 is 0.654 bits per heavy atom. The summed E-state index contributed by atoms with van der Waals surface area (Å²) >= 11 is 2.41. The highest BCUT2D eigenvalue weighted by Gasteiger charge is 2.22. The molecule has 2 amide bonds. The summed E-state index contributed by atoms with van der Waals surface area (Å²) in [6.07, 6.45) is 7.48. The topological polar surface area (TPSA) is 74.3 Å². The molecule has 0 unspecified atom stereocenters. The van der Waals surface area contributed by atoms with E-state index < -0.39 is 0 Å². The van der Waals surface area contributed by atoms with Gasteiger partial charge in [-0.1, -0.05) is 35.4 Å². The lowest BCUT2D eigenvalue weighted by Crippen LogP contribution is -2.33. The van der Waals surface area contributed by atoms with Crippen molar-refractivity contribution in [3.63, 3.8) is 0 Å². The van der Waals surface area contributed by atoms with Gasteiger partial charge in [-0.3, -0.25) is 14.5 Å². The van der Waals surface area contributed by atoms with Crippen molar-refractivity contribution >= 4 is 34.4 Å². The monoisotopic (exact) mass is 483 g/mol. The number of imide groups is 1. The molecule has 0 radical (unpaired) electrons. The van der Waals surface area contributed by atoms with Crippen LogP contribution in [0.15, 0.2) is 12.2 Å². The van der Waals surface area contributed by atoms with Crippen LogP contribution in [-0.2, 0) is 28.5 Å². The number of nitrogens with zero attached hydrogens (tertiary/aromatic N) is 1. The van der Waals surface area contributed by atoms with Crippen LogP contribution in [-0.4, -0.2) is 80.5 Å². The van der Waals surface area contributed by atoms with Crippen LogP contribution in [0.25, 0.3) is 0 Å². The van der Waals surface area contributed by atoms with Crippen LogP contribution in [0.5, 0.6) is 0 Å². The maximum Gasteiger partial charge on any atom is 0.253 e. The zero-order chi connectivity index (χ0) is 18.9. The van der Waals surface area contributed by atoms with E-state index in [0.29, 0.717) is 46.2 Å². The van der Waals surface area contributed by atoms with E-state index in [4.69, 9.17) is 18.9 Å². The molecule has 1 heterocycles. The minimum atomic E-state index is -0.285. The largest absolute Gasteiger partial charge is 0.379 e. The number of unbranched alkanes of at least 4 members (excludes halogenated alkanes) is 3. The van der Waals surface area contributed by atoms with Gasteiger partial charge in [0.2, 0.25) is 0 Å². The summed E-state index contributed by atoms with van der Waals surface area (Å²) in [5.74, 6) is -0.570. The quantitative estimate of drug-likeness (QED) is 0.129. The standard InChI is InChI=1S/C18H30INO6/c19-7-3-1-2-4-9-23-11-13-25-15-16-26-14-12-24-10-8-20-17(21)5-6-18(20)22/h5-6H,1-4,7-16H2. The predicted molar refractivity (Wildman–Crippen MR) is 106 cm³/mol. The van der Waals surface area contributed by atoms with Crippen molar-refractivity contribution in [3.8, 4) is 0 Å². The highest BCUT2D eigenvalue weighted by atomic mass is 127. The lowest BCUT2D eigenvalue weighted by atomic mass is 10.2. The zero-order valence-electron chi connectivity index (χ0n) is 15.3. The lowest BCUT2D eigenvalue weighted by molar-refractivity contribution is -0.137. The number of halogens is 1. The number of amides is 2. The molecule has 0 aliphatic carbocycles. The zero-order valence-corrected chi connectivity index (χ0v) is 17.5. The summed E-state index contributed by atoms with van der Waals surface area (Å²) in [5.41, 5.74) is 0. The number of alkyl halides is 1. The van der Waals surface area contributed by atoms with Crippen molar-refractivity contribution in [1.29, 1.82) is 0 Å². The smallest absolute Gasteiger partial charge is 0.253 e. The average Bonchev–Trinajstić information content (AvgIpc) is 2.96. The van der Waals surface area contributed by atoms with Gasteiger partial charge in [0.25, 0.3) is 11.8 Å². The predicted octanol–water partition coefficient (Wildman–Crippen LogP) is 1.97. The lowest BCUT2D eigenvalue weighted by Gasteiger charge is -2.13. The molecule has 0 N–H and O–H groups in total. The van der Waals surface area contributed by atoms with E-state index in [2.05, 4.69) is 22.6 Å². The molecule has 0 saturated carbocycles. The molecule has 0 aromatic heterocycles. The van der Waals surface area contributed by atoms with E-state index in [-0.39, 0.29) is 18.4 Å². The maximum atomic E-state index is 11.3. The van der Waals surface area contributed by atoms with Gasteiger partial charge in [-0.25, -0.2) is 0 Å². The molecule has 150 valence electrons. The second kappa shape index (κ2) is 16.6. The number of carbonyl (C=O) groups excluding carboxylic acids is 2. The first-order chi connectivity index (χ1) is 12.8. The van der Waals surface area contributed by atoms with E-state index in [1.54, 1.807) is 0 Å². The highest BCUT2D eigenvalue weighted by molar-refractivity contribution is 14.1. The Hall–Kier alpha value is -0.550. The molecule has 7 nitrogen and oxygen atoms in total. The summed E-state index contributed by atoms with van der Waals surface area (Å²) in [5, 5.41) is 0. The minimum Gasteiger partial charge on any atom is -0.379 e. The molecule has 0 aromatic carbocycles. The van der Waals surface area contributed by atoms with Crippen LogP contribution >= 0.6 is 22.6 Å². The molecule has 26 heavy (non-hydrogen) atoms. The molecule has 0 atom stereocenters. The number of rotatable bonds is 18. The van der Waals surface area contributed by atoms with Crippen LogP contribution in [0.1, 0.15) is 25.7 Å². The Morgan fingerprint density at radius 2 is 1.12 bits per heavy atom. The fourth-order valence-electron chi connectivity index (χ4n) is 2.22. The SMILES string of the molecule is O=C1C=CC(=O)N1CCOCCOCCOCCOCCCCCCI. The van der Waals surface area contributed by atoms with E-state index in [0.717, 1.165) is 17.9 Å². The Balaban J connectivity index is 1.72. The third-order valence-electron chi connectivity index (χ3n) is 3.65. The van der Waals surface area contributed by atoms with Crippen molar-refractivity contribution in [2.24, 2.45) is 0 Å². The van der Waals surface area contributed by atoms with Crippen LogP contribution in [0, 0.1) is 0 Å². The summed E-state index contributed by atoms with van der Waals surface area (Å²) in [6, 6.07) is 0. The van der Waals surface area contributed by atoms with Crippen LogP contribution in [0.4, 0.5) is 0 Å². The molecule has 0 saturated heterocycles. The third kappa shape index (κ3) is 11.9. The van der Waals surface area contributed by atoms with Gasteiger partial charge in [0.15, 0.2) is 0 Å². The number of ether oxygens (including phenoxy) is 4. The molecule has 0 fully saturated rings. The molecule has 1 aliphatic rings. The van der Waals surface area contributed by atoms with Crippen LogP contribution in [0.3, 0.4) is 0 Å². The van der Waals surface area contributed by atoms with Crippen molar-refractivity contribution < 1.29 is 28.5 Å². The van der Waals surface area contributed by atoms with Gasteiger partial charge in [0.05, 0.1) is 52.8 Å². The first-order valence-electron chi connectivity index (χ1n) is 9.16. The molecule has 8 heteroatoms. The molecule has 0 bridgehead atoms. The summed E-state index contributed by atoms with van der Waals surface area (Å²) in [7, 11) is 0. The van der Waals surface area contributed by atoms with Gasteiger partial charge in [0, 0.05) is 18.8 Å². The molecule has 0 aromatic rings. The van der Waals surface area contributed by atoms with Gasteiger partial charge in [-0.05, 0) is 17.3 Å². The average molecular weight is 483 g/mol. The summed E-state index contributed by atoms with van der Waals surface area (Å²) < 4.78 is 22.9. The first kappa shape index (κ1) is 23.5. The van der Waals surface area contributed by atoms with Crippen molar-refractivity contribution in [2.45, 2.75) is 25.7 Å². The van der Waals surface area contributed by atoms with Gasteiger partial charge in [0.1, 0.15) is 0 Å². The molecule has 0 spiro atoms. The van der Waals surface area contributed by atoms with E-state index in [1.807, 2.05) is 0 Å². The van der Waals surface area contributed by atoms with Crippen molar-refractivity contribution in [3.05, 3.63) is 12.2 Å². The van der Waals surface area contributed by atoms with Crippen LogP contribution < -0.4 is 0 Å². The number of hydrogen-bond donors (Lipinski definition) is 0. The van der Waals surface area contributed by atoms with Crippen molar-refractivity contribution in [1.82, 2.24) is 4.90 Å². The Labute approximate surface area is 169 Å². The molecular formula is C18H30INO6. The minimum absolute atomic E-state index is 0.270. The second-order valence-electron chi connectivity index (χ2n) is 5.71. The van der Waals surface area contributed by atoms with Crippen LogP contribution in [0.2, 0.25) is 0 Å².